The molecule has 5 rings (SSSR count). The largest absolute Gasteiger partial charge is 0.344 e. The second-order valence-corrected chi connectivity index (χ2v) is 2.86. The monoisotopic (exact) mass is 169 g/mol. The SMILES string of the molecule is N.N#Cc1c2ccc3nc2ccc13. The number of fused-ring (bicyclic) bond motifs is 2. The summed E-state index contributed by atoms with van der Waals surface area (Å²) in [4.78, 5) is 4.33. The van der Waals surface area contributed by atoms with E-state index in [4.69, 9.17) is 5.26 Å². The van der Waals surface area contributed by atoms with Gasteiger partial charge >= 0.3 is 0 Å². The Bertz CT molecular complexity index is 536. The number of hydrogen-bond donors (Lipinski definition) is 1. The van der Waals surface area contributed by atoms with Gasteiger partial charge in [-0.15, -0.1) is 0 Å². The van der Waals surface area contributed by atoms with Crippen LogP contribution >= 0.6 is 0 Å². The number of hydrogen-bond acceptors (Lipinski definition) is 3. The molecule has 0 aliphatic heterocycles. The highest BCUT2D eigenvalue weighted by atomic mass is 14.7. The first-order chi connectivity index (χ1) is 5.90. The molecule has 3 aromatic heterocycles. The molecule has 0 spiro atoms. The Balaban J connectivity index is 0.000000653. The molecule has 62 valence electrons. The summed E-state index contributed by atoms with van der Waals surface area (Å²) < 4.78 is 0. The Labute approximate surface area is 74.9 Å². The summed E-state index contributed by atoms with van der Waals surface area (Å²) in [5, 5.41) is 10.8. The number of nitriles is 1. The van der Waals surface area contributed by atoms with Crippen LogP contribution in [0.2, 0.25) is 0 Å². The second kappa shape index (κ2) is 2.28. The predicted molar refractivity (Wildman–Crippen MR) is 51.4 cm³/mol. The Morgan fingerprint density at radius 2 is 1.54 bits per heavy atom. The molecule has 3 nitrogen and oxygen atoms in total. The van der Waals surface area contributed by atoms with Crippen molar-refractivity contribution in [3.63, 3.8) is 0 Å². The Morgan fingerprint density at radius 3 is 1.92 bits per heavy atom. The second-order valence-electron chi connectivity index (χ2n) is 2.86. The zero-order valence-corrected chi connectivity index (χ0v) is 6.91. The molecule has 4 bridgehead atoms. The highest BCUT2D eigenvalue weighted by Gasteiger charge is 2.11. The molecule has 0 fully saturated rings. The van der Waals surface area contributed by atoms with E-state index in [1.54, 1.807) is 0 Å². The van der Waals surface area contributed by atoms with Gasteiger partial charge in [0.25, 0.3) is 0 Å². The fourth-order valence-corrected chi connectivity index (χ4v) is 1.69. The van der Waals surface area contributed by atoms with Crippen molar-refractivity contribution >= 4 is 21.8 Å². The maximum atomic E-state index is 8.87. The van der Waals surface area contributed by atoms with E-state index in [2.05, 4.69) is 11.1 Å². The molecular formula is C10H7N3. The first-order valence-electron chi connectivity index (χ1n) is 3.74. The lowest BCUT2D eigenvalue weighted by Crippen LogP contribution is -1.92. The number of pyridine rings is 3. The van der Waals surface area contributed by atoms with Crippen molar-refractivity contribution in [2.75, 3.05) is 0 Å². The fourth-order valence-electron chi connectivity index (χ4n) is 1.69. The number of rotatable bonds is 0. The Hall–Kier alpha value is -1.92. The molecule has 0 aliphatic rings. The highest BCUT2D eigenvalue weighted by molar-refractivity contribution is 6.04. The van der Waals surface area contributed by atoms with Gasteiger partial charge in [0.1, 0.15) is 6.07 Å². The normalized spacial score (nSPS) is 10.4. The average Bonchev–Trinajstić information content (AvgIpc) is 2.17. The maximum Gasteiger partial charge on any atom is 0.101 e. The van der Waals surface area contributed by atoms with Crippen LogP contribution < -0.4 is 6.15 Å². The van der Waals surface area contributed by atoms with Crippen molar-refractivity contribution in [1.29, 1.82) is 5.26 Å². The number of benzene rings is 2. The Kier molecular flexibility index (Phi) is 1.35. The molecule has 0 saturated carbocycles. The smallest absolute Gasteiger partial charge is 0.101 e. The minimum absolute atomic E-state index is 0. The van der Waals surface area contributed by atoms with E-state index in [1.807, 2.05) is 24.3 Å². The number of nitrogens with zero attached hydrogens (tertiary/aromatic N) is 2. The van der Waals surface area contributed by atoms with E-state index >= 15 is 0 Å². The average molecular weight is 169 g/mol. The van der Waals surface area contributed by atoms with E-state index in [-0.39, 0.29) is 6.15 Å². The molecule has 3 N–H and O–H groups in total. The Morgan fingerprint density at radius 1 is 1.00 bits per heavy atom. The zero-order valence-electron chi connectivity index (χ0n) is 6.91. The van der Waals surface area contributed by atoms with E-state index in [0.29, 0.717) is 0 Å². The van der Waals surface area contributed by atoms with Gasteiger partial charge < -0.3 is 6.15 Å². The highest BCUT2D eigenvalue weighted by Crippen LogP contribution is 2.29. The maximum absolute atomic E-state index is 8.87. The van der Waals surface area contributed by atoms with Gasteiger partial charge in [-0.1, -0.05) is 0 Å². The van der Waals surface area contributed by atoms with Crippen LogP contribution in [-0.4, -0.2) is 4.98 Å². The summed E-state index contributed by atoms with van der Waals surface area (Å²) in [7, 11) is 0. The van der Waals surface area contributed by atoms with Gasteiger partial charge in [0, 0.05) is 10.8 Å². The molecule has 0 amide bonds. The van der Waals surface area contributed by atoms with Crippen LogP contribution in [-0.2, 0) is 0 Å². The van der Waals surface area contributed by atoms with Crippen LogP contribution in [0, 0.1) is 11.3 Å². The van der Waals surface area contributed by atoms with Crippen molar-refractivity contribution < 1.29 is 0 Å². The lowest BCUT2D eigenvalue weighted by atomic mass is 9.99. The van der Waals surface area contributed by atoms with Crippen molar-refractivity contribution in [2.24, 2.45) is 0 Å². The summed E-state index contributed by atoms with van der Waals surface area (Å²) in [6.45, 7) is 0. The van der Waals surface area contributed by atoms with Gasteiger partial charge in [-0.3, -0.25) is 0 Å². The summed E-state index contributed by atoms with van der Waals surface area (Å²) in [6.07, 6.45) is 0. The van der Waals surface area contributed by atoms with E-state index in [0.717, 1.165) is 27.4 Å². The standard InChI is InChI=1S/C10H4N2.H3N/c11-5-8-6-1-3-9-7(8)2-4-10(6)12-9;/h1-4H;1H3. The van der Waals surface area contributed by atoms with Crippen LogP contribution in [0.3, 0.4) is 0 Å². The van der Waals surface area contributed by atoms with Crippen LogP contribution in [0.25, 0.3) is 21.8 Å². The first-order valence-corrected chi connectivity index (χ1v) is 3.74. The third kappa shape index (κ3) is 0.727. The van der Waals surface area contributed by atoms with Crippen molar-refractivity contribution in [1.82, 2.24) is 11.1 Å². The molecule has 3 heteroatoms. The molecule has 5 aromatic rings. The van der Waals surface area contributed by atoms with Gasteiger partial charge in [-0.05, 0) is 24.3 Å². The lowest BCUT2D eigenvalue weighted by Gasteiger charge is -2.08. The predicted octanol–water partition coefficient (Wildman–Crippen LogP) is 2.30. The minimum atomic E-state index is 0. The van der Waals surface area contributed by atoms with Gasteiger partial charge in [0.15, 0.2) is 0 Å². The molecule has 0 unspecified atom stereocenters. The van der Waals surface area contributed by atoms with Crippen LogP contribution in [0.15, 0.2) is 24.3 Å². The van der Waals surface area contributed by atoms with Gasteiger partial charge in [-0.2, -0.15) is 5.26 Å². The molecule has 13 heavy (non-hydrogen) atoms. The van der Waals surface area contributed by atoms with E-state index < -0.39 is 0 Å². The molecule has 0 saturated heterocycles. The van der Waals surface area contributed by atoms with Crippen LogP contribution in [0.5, 0.6) is 0 Å². The molecular weight excluding hydrogens is 162 g/mol. The first kappa shape index (κ1) is 7.71. The fraction of sp³-hybridized carbons (Fsp3) is 0. The van der Waals surface area contributed by atoms with Gasteiger partial charge in [0.05, 0.1) is 16.6 Å². The molecule has 2 aromatic carbocycles. The van der Waals surface area contributed by atoms with E-state index in [1.165, 1.54) is 0 Å². The van der Waals surface area contributed by atoms with Crippen LogP contribution in [0.4, 0.5) is 0 Å². The quantitative estimate of drug-likeness (QED) is 0.561. The zero-order chi connectivity index (χ0) is 8.13. The summed E-state index contributed by atoms with van der Waals surface area (Å²) in [5.41, 5.74) is 2.64. The van der Waals surface area contributed by atoms with Crippen molar-refractivity contribution in [3.05, 3.63) is 29.8 Å². The van der Waals surface area contributed by atoms with Crippen molar-refractivity contribution in [3.8, 4) is 6.07 Å². The number of aromatic nitrogens is 1. The van der Waals surface area contributed by atoms with Gasteiger partial charge in [0.2, 0.25) is 0 Å². The topological polar surface area (TPSA) is 71.7 Å². The molecule has 0 radical (unpaired) electrons. The molecule has 0 atom stereocenters. The third-order valence-electron chi connectivity index (χ3n) is 2.26. The van der Waals surface area contributed by atoms with E-state index in [9.17, 15) is 0 Å². The summed E-state index contributed by atoms with van der Waals surface area (Å²) in [6, 6.07) is 10.0. The molecule has 0 aliphatic carbocycles. The third-order valence-corrected chi connectivity index (χ3v) is 2.26. The lowest BCUT2D eigenvalue weighted by molar-refractivity contribution is 1.45. The van der Waals surface area contributed by atoms with Crippen molar-refractivity contribution in [2.45, 2.75) is 0 Å². The summed E-state index contributed by atoms with van der Waals surface area (Å²) >= 11 is 0. The van der Waals surface area contributed by atoms with Crippen LogP contribution in [0.1, 0.15) is 5.56 Å². The minimum Gasteiger partial charge on any atom is -0.344 e. The summed E-state index contributed by atoms with van der Waals surface area (Å²) in [5.74, 6) is 0. The van der Waals surface area contributed by atoms with Gasteiger partial charge in [-0.25, -0.2) is 4.98 Å². The molecule has 3 heterocycles.